The summed E-state index contributed by atoms with van der Waals surface area (Å²) in [4.78, 5) is 4.54. The number of benzene rings is 1. The normalized spacial score (nSPS) is 11.0. The van der Waals surface area contributed by atoms with Gasteiger partial charge in [-0.1, -0.05) is 13.3 Å². The summed E-state index contributed by atoms with van der Waals surface area (Å²) in [5, 5.41) is 4.55. The Bertz CT molecular complexity index is 584. The molecule has 0 atom stereocenters. The Morgan fingerprint density at radius 1 is 1.19 bits per heavy atom. The number of nitrogens with one attached hydrogen (secondary N) is 1. The minimum absolute atomic E-state index is 0.763. The quantitative estimate of drug-likeness (QED) is 0.573. The summed E-state index contributed by atoms with van der Waals surface area (Å²) in [6.45, 7) is 6.74. The van der Waals surface area contributed by atoms with E-state index < -0.39 is 0 Å². The fraction of sp³-hybridized carbons (Fsp3) is 0.471. The fourth-order valence-electron chi connectivity index (χ4n) is 2.27. The predicted octanol–water partition coefficient (Wildman–Crippen LogP) is 3.74. The van der Waals surface area contributed by atoms with Crippen molar-refractivity contribution in [3.05, 3.63) is 30.0 Å². The third kappa shape index (κ3) is 4.60. The van der Waals surface area contributed by atoms with Crippen LogP contribution in [0.5, 0.6) is 0 Å². The van der Waals surface area contributed by atoms with Gasteiger partial charge < -0.3 is 15.8 Å². The topological polar surface area (TPSA) is 60.2 Å². The molecule has 1 aromatic heterocycles. The summed E-state index contributed by atoms with van der Waals surface area (Å²) in [6.07, 6.45) is 3.32. The average Bonchev–Trinajstić information content (AvgIpc) is 2.47. The molecular weight excluding hydrogens is 262 g/mol. The van der Waals surface area contributed by atoms with Gasteiger partial charge in [0, 0.05) is 42.2 Å². The molecule has 0 saturated heterocycles. The SMILES string of the molecule is CCCCOCCCNc1cc(C)nc2ccc(N)cc12. The van der Waals surface area contributed by atoms with Gasteiger partial charge in [-0.25, -0.2) is 0 Å². The van der Waals surface area contributed by atoms with Gasteiger partial charge in [-0.2, -0.15) is 0 Å². The zero-order chi connectivity index (χ0) is 15.1. The number of pyridine rings is 1. The van der Waals surface area contributed by atoms with Crippen LogP contribution in [0.4, 0.5) is 11.4 Å². The molecule has 1 heterocycles. The minimum atomic E-state index is 0.763. The highest BCUT2D eigenvalue weighted by molar-refractivity contribution is 5.93. The lowest BCUT2D eigenvalue weighted by molar-refractivity contribution is 0.131. The van der Waals surface area contributed by atoms with Crippen LogP contribution in [0, 0.1) is 6.92 Å². The van der Waals surface area contributed by atoms with E-state index in [2.05, 4.69) is 23.3 Å². The van der Waals surface area contributed by atoms with Gasteiger partial charge in [0.25, 0.3) is 0 Å². The summed E-state index contributed by atoms with van der Waals surface area (Å²) < 4.78 is 5.57. The number of unbranched alkanes of at least 4 members (excludes halogenated alkanes) is 1. The average molecular weight is 287 g/mol. The maximum Gasteiger partial charge on any atom is 0.0727 e. The van der Waals surface area contributed by atoms with Crippen LogP contribution in [0.25, 0.3) is 10.9 Å². The number of aromatic nitrogens is 1. The third-order valence-corrected chi connectivity index (χ3v) is 3.38. The molecule has 2 rings (SSSR count). The van der Waals surface area contributed by atoms with Crippen molar-refractivity contribution in [1.82, 2.24) is 4.98 Å². The first-order chi connectivity index (χ1) is 10.2. The lowest BCUT2D eigenvalue weighted by Gasteiger charge is -2.11. The summed E-state index contributed by atoms with van der Waals surface area (Å²) in [6, 6.07) is 7.90. The zero-order valence-corrected chi connectivity index (χ0v) is 13.0. The second-order valence-electron chi connectivity index (χ2n) is 5.33. The van der Waals surface area contributed by atoms with E-state index in [0.29, 0.717) is 0 Å². The molecular formula is C17H25N3O. The fourth-order valence-corrected chi connectivity index (χ4v) is 2.27. The molecule has 2 aromatic rings. The number of nitrogens with zero attached hydrogens (tertiary/aromatic N) is 1. The second-order valence-corrected chi connectivity index (χ2v) is 5.33. The van der Waals surface area contributed by atoms with E-state index in [1.54, 1.807) is 0 Å². The Kier molecular flexibility index (Phi) is 5.81. The Balaban J connectivity index is 1.93. The van der Waals surface area contributed by atoms with Crippen LogP contribution in [0.15, 0.2) is 24.3 Å². The van der Waals surface area contributed by atoms with Crippen LogP contribution in [0.2, 0.25) is 0 Å². The van der Waals surface area contributed by atoms with Crippen molar-refractivity contribution in [1.29, 1.82) is 0 Å². The number of nitrogens with two attached hydrogens (primary N) is 1. The van der Waals surface area contributed by atoms with E-state index in [0.717, 1.165) is 60.6 Å². The van der Waals surface area contributed by atoms with Gasteiger partial charge >= 0.3 is 0 Å². The van der Waals surface area contributed by atoms with Crippen LogP contribution >= 0.6 is 0 Å². The van der Waals surface area contributed by atoms with Crippen LogP contribution in [0.1, 0.15) is 31.9 Å². The van der Waals surface area contributed by atoms with Crippen molar-refractivity contribution in [2.45, 2.75) is 33.1 Å². The minimum Gasteiger partial charge on any atom is -0.399 e. The molecule has 21 heavy (non-hydrogen) atoms. The van der Waals surface area contributed by atoms with Crippen molar-refractivity contribution in [2.24, 2.45) is 0 Å². The first-order valence-corrected chi connectivity index (χ1v) is 7.69. The largest absolute Gasteiger partial charge is 0.399 e. The highest BCUT2D eigenvalue weighted by Crippen LogP contribution is 2.25. The van der Waals surface area contributed by atoms with Gasteiger partial charge in [0.15, 0.2) is 0 Å². The highest BCUT2D eigenvalue weighted by atomic mass is 16.5. The first kappa shape index (κ1) is 15.6. The van der Waals surface area contributed by atoms with E-state index in [4.69, 9.17) is 10.5 Å². The lowest BCUT2D eigenvalue weighted by Crippen LogP contribution is -2.07. The zero-order valence-electron chi connectivity index (χ0n) is 13.0. The molecule has 0 saturated carbocycles. The summed E-state index contributed by atoms with van der Waals surface area (Å²) in [7, 11) is 0. The van der Waals surface area contributed by atoms with Crippen molar-refractivity contribution in [3.8, 4) is 0 Å². The molecule has 4 nitrogen and oxygen atoms in total. The van der Waals surface area contributed by atoms with E-state index in [1.807, 2.05) is 25.1 Å². The predicted molar refractivity (Wildman–Crippen MR) is 89.7 cm³/mol. The maximum absolute atomic E-state index is 5.88. The molecule has 0 radical (unpaired) electrons. The van der Waals surface area contributed by atoms with Crippen LogP contribution in [-0.4, -0.2) is 24.7 Å². The molecule has 3 N–H and O–H groups in total. The van der Waals surface area contributed by atoms with E-state index >= 15 is 0 Å². The van der Waals surface area contributed by atoms with Gasteiger partial charge in [0.2, 0.25) is 0 Å². The Hall–Kier alpha value is -1.81. The first-order valence-electron chi connectivity index (χ1n) is 7.69. The molecule has 114 valence electrons. The van der Waals surface area contributed by atoms with Crippen molar-refractivity contribution < 1.29 is 4.74 Å². The monoisotopic (exact) mass is 287 g/mol. The third-order valence-electron chi connectivity index (χ3n) is 3.38. The second kappa shape index (κ2) is 7.84. The smallest absolute Gasteiger partial charge is 0.0727 e. The summed E-state index contributed by atoms with van der Waals surface area (Å²) in [5.74, 6) is 0. The number of ether oxygens (including phenoxy) is 1. The van der Waals surface area contributed by atoms with Gasteiger partial charge in [0.05, 0.1) is 5.52 Å². The molecule has 0 aliphatic rings. The molecule has 0 spiro atoms. The van der Waals surface area contributed by atoms with Crippen LogP contribution in [0.3, 0.4) is 0 Å². The van der Waals surface area contributed by atoms with E-state index in [-0.39, 0.29) is 0 Å². The highest BCUT2D eigenvalue weighted by Gasteiger charge is 2.04. The number of hydrogen-bond acceptors (Lipinski definition) is 4. The standard InChI is InChI=1S/C17H25N3O/c1-3-4-9-21-10-5-8-19-17-11-13(2)20-16-7-6-14(18)12-15(16)17/h6-7,11-12H,3-5,8-10,18H2,1-2H3,(H,19,20). The maximum atomic E-state index is 5.88. The van der Waals surface area contributed by atoms with Gasteiger partial charge in [-0.15, -0.1) is 0 Å². The number of fused-ring (bicyclic) bond motifs is 1. The molecule has 0 aliphatic heterocycles. The Morgan fingerprint density at radius 3 is 2.81 bits per heavy atom. The number of aryl methyl sites for hydroxylation is 1. The van der Waals surface area contributed by atoms with Gasteiger partial charge in [-0.3, -0.25) is 4.98 Å². The summed E-state index contributed by atoms with van der Waals surface area (Å²) >= 11 is 0. The molecule has 4 heteroatoms. The molecule has 1 aromatic carbocycles. The van der Waals surface area contributed by atoms with Crippen LogP contribution in [-0.2, 0) is 4.74 Å². The van der Waals surface area contributed by atoms with Crippen LogP contribution < -0.4 is 11.1 Å². The van der Waals surface area contributed by atoms with Crippen molar-refractivity contribution in [3.63, 3.8) is 0 Å². The number of nitrogen functional groups attached to an aromatic ring is 1. The van der Waals surface area contributed by atoms with Crippen molar-refractivity contribution in [2.75, 3.05) is 30.8 Å². The number of rotatable bonds is 8. The molecule has 0 unspecified atom stereocenters. The van der Waals surface area contributed by atoms with Crippen molar-refractivity contribution >= 4 is 22.3 Å². The molecule has 0 amide bonds. The number of anilines is 2. The summed E-state index contributed by atoms with van der Waals surface area (Å²) in [5.41, 5.74) is 9.72. The van der Waals surface area contributed by atoms with Gasteiger partial charge in [0.1, 0.15) is 0 Å². The van der Waals surface area contributed by atoms with E-state index in [1.165, 1.54) is 6.42 Å². The number of hydrogen-bond donors (Lipinski definition) is 2. The lowest BCUT2D eigenvalue weighted by atomic mass is 10.1. The molecule has 0 fully saturated rings. The Morgan fingerprint density at radius 2 is 2.00 bits per heavy atom. The molecule has 0 aliphatic carbocycles. The van der Waals surface area contributed by atoms with Gasteiger partial charge in [-0.05, 0) is 44.0 Å². The van der Waals surface area contributed by atoms with E-state index in [9.17, 15) is 0 Å². The Labute approximate surface area is 126 Å². The molecule has 0 bridgehead atoms.